The fraction of sp³-hybridized carbons (Fsp3) is 0.368. The average molecular weight is 394 g/mol. The third-order valence-electron chi connectivity index (χ3n) is 4.71. The minimum Gasteiger partial charge on any atom is -0.229 e. The molecule has 0 N–H and O–H groups in total. The first kappa shape index (κ1) is 19.1. The molecule has 0 aliphatic carbocycles. The molecule has 0 aromatic heterocycles. The minimum absolute atomic E-state index is 0.0446. The van der Waals surface area contributed by atoms with Crippen molar-refractivity contribution < 1.29 is 16.8 Å². The van der Waals surface area contributed by atoms with Gasteiger partial charge in [-0.05, 0) is 37.5 Å². The molecule has 0 saturated carbocycles. The van der Waals surface area contributed by atoms with Crippen molar-refractivity contribution in [2.45, 2.75) is 30.7 Å². The number of hydrogen-bond donors (Lipinski definition) is 0. The van der Waals surface area contributed by atoms with E-state index in [0.717, 1.165) is 11.1 Å². The van der Waals surface area contributed by atoms with Crippen molar-refractivity contribution >= 4 is 19.9 Å². The van der Waals surface area contributed by atoms with Crippen molar-refractivity contribution in [1.29, 1.82) is 0 Å². The highest BCUT2D eigenvalue weighted by molar-refractivity contribution is 7.92. The van der Waals surface area contributed by atoms with Crippen LogP contribution in [0.15, 0.2) is 59.5 Å². The van der Waals surface area contributed by atoms with E-state index < -0.39 is 25.9 Å². The Labute approximate surface area is 155 Å². The highest BCUT2D eigenvalue weighted by Crippen LogP contribution is 2.25. The van der Waals surface area contributed by atoms with Crippen LogP contribution >= 0.6 is 0 Å². The summed E-state index contributed by atoms with van der Waals surface area (Å²) in [6, 6.07) is 15.8. The maximum absolute atomic E-state index is 13.2. The first-order valence-corrected chi connectivity index (χ1v) is 11.9. The van der Waals surface area contributed by atoms with Crippen LogP contribution in [0.25, 0.3) is 0 Å². The number of aryl methyl sites for hydroxylation is 1. The van der Waals surface area contributed by atoms with Gasteiger partial charge in [-0.2, -0.15) is 4.31 Å². The summed E-state index contributed by atoms with van der Waals surface area (Å²) >= 11 is 0. The predicted molar refractivity (Wildman–Crippen MR) is 102 cm³/mol. The van der Waals surface area contributed by atoms with Gasteiger partial charge in [-0.15, -0.1) is 0 Å². The van der Waals surface area contributed by atoms with Crippen LogP contribution in [-0.2, 0) is 26.3 Å². The van der Waals surface area contributed by atoms with E-state index in [2.05, 4.69) is 0 Å². The van der Waals surface area contributed by atoms with E-state index in [1.165, 1.54) is 4.31 Å². The van der Waals surface area contributed by atoms with Gasteiger partial charge in [-0.1, -0.05) is 48.0 Å². The second-order valence-electron chi connectivity index (χ2n) is 6.72. The molecule has 1 saturated heterocycles. The second kappa shape index (κ2) is 7.50. The Balaban J connectivity index is 1.90. The SMILES string of the molecule is Cc1ccc(S(=O)(=O)N(CCc2ccccc2)C2CCS(=O)(=O)C2)cc1. The fourth-order valence-corrected chi connectivity index (χ4v) is 6.71. The average Bonchev–Trinajstić information content (AvgIpc) is 2.96. The molecule has 2 aromatic rings. The van der Waals surface area contributed by atoms with Crippen molar-refractivity contribution in [1.82, 2.24) is 4.31 Å². The van der Waals surface area contributed by atoms with Crippen LogP contribution in [0, 0.1) is 6.92 Å². The summed E-state index contributed by atoms with van der Waals surface area (Å²) in [7, 11) is -6.93. The Morgan fingerprint density at radius 3 is 2.27 bits per heavy atom. The van der Waals surface area contributed by atoms with E-state index in [4.69, 9.17) is 0 Å². The van der Waals surface area contributed by atoms with Crippen LogP contribution in [0.5, 0.6) is 0 Å². The molecule has 1 aliphatic rings. The molecule has 1 atom stereocenters. The molecule has 3 rings (SSSR count). The first-order chi connectivity index (χ1) is 12.3. The summed E-state index contributed by atoms with van der Waals surface area (Å²) < 4.78 is 51.6. The van der Waals surface area contributed by atoms with E-state index in [-0.39, 0.29) is 22.9 Å². The molecule has 140 valence electrons. The lowest BCUT2D eigenvalue weighted by Gasteiger charge is -2.27. The van der Waals surface area contributed by atoms with Gasteiger partial charge in [-0.3, -0.25) is 0 Å². The summed E-state index contributed by atoms with van der Waals surface area (Å²) in [4.78, 5) is 0.209. The topological polar surface area (TPSA) is 71.5 Å². The van der Waals surface area contributed by atoms with E-state index in [1.54, 1.807) is 24.3 Å². The molecule has 5 nitrogen and oxygen atoms in total. The number of rotatable bonds is 6. The Hall–Kier alpha value is -1.70. The molecule has 0 radical (unpaired) electrons. The predicted octanol–water partition coefficient (Wildman–Crippen LogP) is 2.42. The zero-order valence-electron chi connectivity index (χ0n) is 14.7. The monoisotopic (exact) mass is 393 g/mol. The third kappa shape index (κ3) is 4.34. The van der Waals surface area contributed by atoms with Crippen LogP contribution in [0.3, 0.4) is 0 Å². The molecule has 0 amide bonds. The molecular formula is C19H23NO4S2. The number of hydrogen-bond acceptors (Lipinski definition) is 4. The second-order valence-corrected chi connectivity index (χ2v) is 10.8. The highest BCUT2D eigenvalue weighted by atomic mass is 32.2. The van der Waals surface area contributed by atoms with Gasteiger partial charge in [0, 0.05) is 12.6 Å². The summed E-state index contributed by atoms with van der Waals surface area (Å²) in [6.07, 6.45) is 0.894. The smallest absolute Gasteiger partial charge is 0.229 e. The minimum atomic E-state index is -3.75. The normalized spacial score (nSPS) is 19.7. The zero-order valence-corrected chi connectivity index (χ0v) is 16.3. The van der Waals surface area contributed by atoms with Gasteiger partial charge in [0.15, 0.2) is 9.84 Å². The molecule has 7 heteroatoms. The van der Waals surface area contributed by atoms with E-state index in [9.17, 15) is 16.8 Å². The molecule has 1 heterocycles. The summed E-state index contributed by atoms with van der Waals surface area (Å²) in [5, 5.41) is 0. The Bertz CT molecular complexity index is 952. The number of sulfonamides is 1. The molecule has 1 fully saturated rings. The van der Waals surface area contributed by atoms with Crippen LogP contribution in [0.1, 0.15) is 17.5 Å². The highest BCUT2D eigenvalue weighted by Gasteiger charge is 2.38. The van der Waals surface area contributed by atoms with Gasteiger partial charge in [0.2, 0.25) is 10.0 Å². The van der Waals surface area contributed by atoms with Crippen molar-refractivity contribution in [2.75, 3.05) is 18.1 Å². The van der Waals surface area contributed by atoms with Gasteiger partial charge in [0.05, 0.1) is 16.4 Å². The molecule has 1 aliphatic heterocycles. The Kier molecular flexibility index (Phi) is 5.50. The third-order valence-corrected chi connectivity index (χ3v) is 8.42. The molecule has 2 aromatic carbocycles. The van der Waals surface area contributed by atoms with Gasteiger partial charge in [0.25, 0.3) is 0 Å². The van der Waals surface area contributed by atoms with Crippen molar-refractivity contribution in [3.63, 3.8) is 0 Å². The van der Waals surface area contributed by atoms with Crippen molar-refractivity contribution in [3.05, 3.63) is 65.7 Å². The summed E-state index contributed by atoms with van der Waals surface area (Å²) in [5.74, 6) is -0.0597. The molecule has 1 unspecified atom stereocenters. The molecule has 0 bridgehead atoms. The Morgan fingerprint density at radius 1 is 1.04 bits per heavy atom. The Morgan fingerprint density at radius 2 is 1.69 bits per heavy atom. The largest absolute Gasteiger partial charge is 0.243 e. The van der Waals surface area contributed by atoms with Crippen LogP contribution in [-0.4, -0.2) is 45.2 Å². The maximum atomic E-state index is 13.2. The van der Waals surface area contributed by atoms with Gasteiger partial charge in [-0.25, -0.2) is 16.8 Å². The van der Waals surface area contributed by atoms with E-state index >= 15 is 0 Å². The molecule has 0 spiro atoms. The summed E-state index contributed by atoms with van der Waals surface area (Å²) in [5.41, 5.74) is 2.00. The standard InChI is InChI=1S/C19H23NO4S2/c1-16-7-9-19(10-8-16)26(23,24)20(18-12-14-25(21,22)15-18)13-11-17-5-3-2-4-6-17/h2-10,18H,11-15H2,1H3. The lowest BCUT2D eigenvalue weighted by atomic mass is 10.1. The lowest BCUT2D eigenvalue weighted by molar-refractivity contribution is 0.343. The number of sulfone groups is 1. The molecular weight excluding hydrogens is 370 g/mol. The number of benzene rings is 2. The van der Waals surface area contributed by atoms with Gasteiger partial charge >= 0.3 is 0 Å². The fourth-order valence-electron chi connectivity index (χ4n) is 3.23. The van der Waals surface area contributed by atoms with Crippen LogP contribution in [0.4, 0.5) is 0 Å². The van der Waals surface area contributed by atoms with Crippen molar-refractivity contribution in [3.8, 4) is 0 Å². The summed E-state index contributed by atoms with van der Waals surface area (Å²) in [6.45, 7) is 2.16. The zero-order chi connectivity index (χ0) is 18.8. The van der Waals surface area contributed by atoms with E-state index in [0.29, 0.717) is 12.8 Å². The van der Waals surface area contributed by atoms with E-state index in [1.807, 2.05) is 37.3 Å². The molecule has 26 heavy (non-hydrogen) atoms. The lowest BCUT2D eigenvalue weighted by Crippen LogP contribution is -2.42. The van der Waals surface area contributed by atoms with Gasteiger partial charge in [0.1, 0.15) is 0 Å². The maximum Gasteiger partial charge on any atom is 0.243 e. The quantitative estimate of drug-likeness (QED) is 0.756. The van der Waals surface area contributed by atoms with Crippen molar-refractivity contribution in [2.24, 2.45) is 0 Å². The first-order valence-electron chi connectivity index (χ1n) is 8.61. The van der Waals surface area contributed by atoms with Crippen LogP contribution in [0.2, 0.25) is 0 Å². The van der Waals surface area contributed by atoms with Gasteiger partial charge < -0.3 is 0 Å². The van der Waals surface area contributed by atoms with Crippen LogP contribution < -0.4 is 0 Å². The number of nitrogens with zero attached hydrogens (tertiary/aromatic N) is 1.